The van der Waals surface area contributed by atoms with Gasteiger partial charge in [-0.1, -0.05) is 19.3 Å². The molecule has 106 valence electrons. The zero-order valence-corrected chi connectivity index (χ0v) is 12.1. The number of nitrogens with zero attached hydrogens (tertiary/aromatic N) is 2. The number of nitrogens with one attached hydrogen (secondary N) is 1. The van der Waals surface area contributed by atoms with Crippen molar-refractivity contribution >= 4 is 5.95 Å². The Morgan fingerprint density at radius 2 is 2.05 bits per heavy atom. The number of hydrogen-bond acceptors (Lipinski definition) is 3. The number of imidazole rings is 1. The summed E-state index contributed by atoms with van der Waals surface area (Å²) in [7, 11) is 0. The molecule has 4 heteroatoms. The highest BCUT2D eigenvalue weighted by Gasteiger charge is 2.28. The van der Waals surface area contributed by atoms with Crippen molar-refractivity contribution in [1.82, 2.24) is 9.55 Å². The van der Waals surface area contributed by atoms with Crippen LogP contribution in [0.3, 0.4) is 0 Å². The molecule has 1 saturated heterocycles. The van der Waals surface area contributed by atoms with Crippen LogP contribution in [0.15, 0.2) is 6.20 Å². The molecule has 19 heavy (non-hydrogen) atoms. The molecule has 0 bridgehead atoms. The fourth-order valence-electron chi connectivity index (χ4n) is 3.39. The van der Waals surface area contributed by atoms with Crippen molar-refractivity contribution in [2.75, 3.05) is 11.9 Å². The van der Waals surface area contributed by atoms with E-state index in [1.807, 2.05) is 0 Å². The molecule has 1 saturated carbocycles. The van der Waals surface area contributed by atoms with Gasteiger partial charge in [0, 0.05) is 18.8 Å². The minimum Gasteiger partial charge on any atom is -0.376 e. The molecule has 1 aliphatic heterocycles. The Balaban J connectivity index is 1.76. The van der Waals surface area contributed by atoms with Crippen molar-refractivity contribution in [3.8, 4) is 0 Å². The van der Waals surface area contributed by atoms with Crippen LogP contribution in [-0.4, -0.2) is 28.3 Å². The van der Waals surface area contributed by atoms with Crippen LogP contribution in [-0.2, 0) is 4.74 Å². The predicted octanol–water partition coefficient (Wildman–Crippen LogP) is 3.29. The summed E-state index contributed by atoms with van der Waals surface area (Å²) < 4.78 is 8.00. The molecule has 1 aromatic rings. The molecule has 0 spiro atoms. The van der Waals surface area contributed by atoms with Crippen molar-refractivity contribution in [2.24, 2.45) is 0 Å². The van der Waals surface area contributed by atoms with Gasteiger partial charge in [0.25, 0.3) is 0 Å². The van der Waals surface area contributed by atoms with Gasteiger partial charge in [0.2, 0.25) is 5.95 Å². The highest BCUT2D eigenvalue weighted by atomic mass is 16.5. The van der Waals surface area contributed by atoms with Crippen molar-refractivity contribution in [3.05, 3.63) is 11.9 Å². The minimum absolute atomic E-state index is 0.292. The van der Waals surface area contributed by atoms with Crippen LogP contribution < -0.4 is 5.32 Å². The monoisotopic (exact) mass is 263 g/mol. The van der Waals surface area contributed by atoms with Crippen LogP contribution >= 0.6 is 0 Å². The summed E-state index contributed by atoms with van der Waals surface area (Å²) in [5.41, 5.74) is 1.09. The Morgan fingerprint density at radius 1 is 1.26 bits per heavy atom. The van der Waals surface area contributed by atoms with Crippen LogP contribution in [0.1, 0.15) is 57.2 Å². The van der Waals surface area contributed by atoms with E-state index in [0.29, 0.717) is 18.2 Å². The van der Waals surface area contributed by atoms with Crippen molar-refractivity contribution in [2.45, 2.75) is 70.6 Å². The van der Waals surface area contributed by atoms with Crippen molar-refractivity contribution < 1.29 is 4.74 Å². The first kappa shape index (κ1) is 13.0. The molecular weight excluding hydrogens is 238 g/mol. The van der Waals surface area contributed by atoms with E-state index in [2.05, 4.69) is 34.9 Å². The number of anilines is 1. The molecular formula is C15H25N3O. The van der Waals surface area contributed by atoms with Gasteiger partial charge in [-0.25, -0.2) is 4.98 Å². The molecule has 0 radical (unpaired) electrons. The van der Waals surface area contributed by atoms with E-state index < -0.39 is 0 Å². The average molecular weight is 263 g/mol. The summed E-state index contributed by atoms with van der Waals surface area (Å²) >= 11 is 0. The Kier molecular flexibility index (Phi) is 3.78. The van der Waals surface area contributed by atoms with Gasteiger partial charge in [-0.05, 0) is 33.1 Å². The molecule has 1 aromatic heterocycles. The zero-order chi connectivity index (χ0) is 13.2. The molecule has 0 amide bonds. The van der Waals surface area contributed by atoms with E-state index in [1.54, 1.807) is 0 Å². The highest BCUT2D eigenvalue weighted by Crippen LogP contribution is 2.30. The SMILES string of the molecule is Cc1cn(C2CCOC2C)c(NC2CCCCC2)n1. The molecule has 1 N–H and O–H groups in total. The van der Waals surface area contributed by atoms with Gasteiger partial charge >= 0.3 is 0 Å². The number of hydrogen-bond donors (Lipinski definition) is 1. The summed E-state index contributed by atoms with van der Waals surface area (Å²) in [6.45, 7) is 5.10. The number of ether oxygens (including phenoxy) is 1. The van der Waals surface area contributed by atoms with Crippen LogP contribution in [0.2, 0.25) is 0 Å². The van der Waals surface area contributed by atoms with E-state index in [4.69, 9.17) is 4.74 Å². The van der Waals surface area contributed by atoms with E-state index in [9.17, 15) is 0 Å². The van der Waals surface area contributed by atoms with Crippen LogP contribution in [0.5, 0.6) is 0 Å². The third-order valence-corrected chi connectivity index (χ3v) is 4.48. The Morgan fingerprint density at radius 3 is 2.74 bits per heavy atom. The second-order valence-corrected chi connectivity index (χ2v) is 6.02. The Bertz CT molecular complexity index is 423. The lowest BCUT2D eigenvalue weighted by Gasteiger charge is -2.25. The third-order valence-electron chi connectivity index (χ3n) is 4.48. The molecule has 1 aliphatic carbocycles. The molecule has 2 atom stereocenters. The first-order chi connectivity index (χ1) is 9.24. The van der Waals surface area contributed by atoms with Crippen LogP contribution in [0, 0.1) is 6.92 Å². The van der Waals surface area contributed by atoms with Crippen molar-refractivity contribution in [3.63, 3.8) is 0 Å². The lowest BCUT2D eigenvalue weighted by molar-refractivity contribution is 0.108. The molecule has 2 heterocycles. The summed E-state index contributed by atoms with van der Waals surface area (Å²) in [5, 5.41) is 3.66. The Labute approximate surface area is 115 Å². The predicted molar refractivity (Wildman–Crippen MR) is 76.5 cm³/mol. The lowest BCUT2D eigenvalue weighted by Crippen LogP contribution is -2.26. The average Bonchev–Trinajstić information content (AvgIpc) is 2.97. The second-order valence-electron chi connectivity index (χ2n) is 6.02. The number of aromatic nitrogens is 2. The second kappa shape index (κ2) is 5.53. The molecule has 2 aliphatic rings. The quantitative estimate of drug-likeness (QED) is 0.909. The first-order valence-electron chi connectivity index (χ1n) is 7.67. The molecule has 2 unspecified atom stereocenters. The Hall–Kier alpha value is -1.03. The fourth-order valence-corrected chi connectivity index (χ4v) is 3.39. The van der Waals surface area contributed by atoms with Gasteiger partial charge in [-0.3, -0.25) is 0 Å². The topological polar surface area (TPSA) is 39.1 Å². The van der Waals surface area contributed by atoms with Gasteiger partial charge in [0.1, 0.15) is 0 Å². The maximum atomic E-state index is 5.70. The maximum Gasteiger partial charge on any atom is 0.203 e. The smallest absolute Gasteiger partial charge is 0.203 e. The van der Waals surface area contributed by atoms with Crippen molar-refractivity contribution in [1.29, 1.82) is 0 Å². The normalized spacial score (nSPS) is 28.7. The standard InChI is InChI=1S/C15H25N3O/c1-11-10-18(14-8-9-19-12(14)2)15(16-11)17-13-6-4-3-5-7-13/h10,12-14H,3-9H2,1-2H3,(H,16,17). The number of aryl methyl sites for hydroxylation is 1. The summed E-state index contributed by atoms with van der Waals surface area (Å²) in [4.78, 5) is 4.68. The highest BCUT2D eigenvalue weighted by molar-refractivity contribution is 5.31. The first-order valence-corrected chi connectivity index (χ1v) is 7.67. The zero-order valence-electron chi connectivity index (χ0n) is 12.1. The van der Waals surface area contributed by atoms with E-state index in [0.717, 1.165) is 24.7 Å². The third kappa shape index (κ3) is 2.78. The summed E-state index contributed by atoms with van der Waals surface area (Å²) in [6, 6.07) is 1.04. The molecule has 3 rings (SSSR count). The summed E-state index contributed by atoms with van der Waals surface area (Å²) in [5.74, 6) is 1.05. The van der Waals surface area contributed by atoms with E-state index >= 15 is 0 Å². The maximum absolute atomic E-state index is 5.70. The van der Waals surface area contributed by atoms with Gasteiger partial charge < -0.3 is 14.6 Å². The van der Waals surface area contributed by atoms with E-state index in [-0.39, 0.29) is 0 Å². The van der Waals surface area contributed by atoms with E-state index in [1.165, 1.54) is 32.1 Å². The van der Waals surface area contributed by atoms with Gasteiger partial charge in [0.05, 0.1) is 17.8 Å². The van der Waals surface area contributed by atoms with Crippen LogP contribution in [0.4, 0.5) is 5.95 Å². The number of rotatable bonds is 3. The molecule has 4 nitrogen and oxygen atoms in total. The summed E-state index contributed by atoms with van der Waals surface area (Å²) in [6.07, 6.45) is 10.2. The van der Waals surface area contributed by atoms with Gasteiger partial charge in [0.15, 0.2) is 0 Å². The fraction of sp³-hybridized carbons (Fsp3) is 0.800. The molecule has 0 aromatic carbocycles. The molecule has 2 fully saturated rings. The van der Waals surface area contributed by atoms with Gasteiger partial charge in [-0.15, -0.1) is 0 Å². The van der Waals surface area contributed by atoms with Crippen LogP contribution in [0.25, 0.3) is 0 Å². The van der Waals surface area contributed by atoms with Gasteiger partial charge in [-0.2, -0.15) is 0 Å². The minimum atomic E-state index is 0.292. The lowest BCUT2D eigenvalue weighted by atomic mass is 9.96. The largest absolute Gasteiger partial charge is 0.376 e.